The Morgan fingerprint density at radius 1 is 1.11 bits per heavy atom. The summed E-state index contributed by atoms with van der Waals surface area (Å²) in [6.07, 6.45) is 1.85. The molecule has 0 aliphatic rings. The summed E-state index contributed by atoms with van der Waals surface area (Å²) in [5, 5.41) is 3.60. The van der Waals surface area contributed by atoms with Gasteiger partial charge in [0.15, 0.2) is 5.16 Å². The highest BCUT2D eigenvalue weighted by atomic mass is 32.2. The second-order valence-electron chi connectivity index (χ2n) is 5.80. The number of carbonyl (C=O) groups is 1. The van der Waals surface area contributed by atoms with Crippen molar-refractivity contribution in [1.82, 2.24) is 14.9 Å². The van der Waals surface area contributed by atoms with E-state index in [2.05, 4.69) is 27.0 Å². The number of amides is 1. The lowest BCUT2D eigenvalue weighted by Crippen LogP contribution is -2.24. The normalized spacial score (nSPS) is 10.6. The Kier molecular flexibility index (Phi) is 6.54. The number of imidazole rings is 1. The molecular formula is C21H23N3O2S. The topological polar surface area (TPSA) is 56.2 Å². The predicted molar refractivity (Wildman–Crippen MR) is 110 cm³/mol. The van der Waals surface area contributed by atoms with E-state index in [1.807, 2.05) is 62.5 Å². The van der Waals surface area contributed by atoms with Crippen molar-refractivity contribution < 1.29 is 9.53 Å². The smallest absolute Gasteiger partial charge is 0.230 e. The molecule has 3 aromatic rings. The van der Waals surface area contributed by atoms with Crippen molar-refractivity contribution in [3.05, 3.63) is 60.8 Å². The summed E-state index contributed by atoms with van der Waals surface area (Å²) in [6.45, 7) is 5.14. The summed E-state index contributed by atoms with van der Waals surface area (Å²) < 4.78 is 7.62. The summed E-state index contributed by atoms with van der Waals surface area (Å²) in [4.78, 5) is 16.4. The molecule has 0 bridgehead atoms. The first-order valence-corrected chi connectivity index (χ1v) is 9.97. The summed E-state index contributed by atoms with van der Waals surface area (Å²) in [6, 6.07) is 18.0. The van der Waals surface area contributed by atoms with Gasteiger partial charge >= 0.3 is 0 Å². The van der Waals surface area contributed by atoms with Crippen LogP contribution in [0.15, 0.2) is 66.0 Å². The highest BCUT2D eigenvalue weighted by Crippen LogP contribution is 2.30. The third kappa shape index (κ3) is 4.71. The van der Waals surface area contributed by atoms with Crippen molar-refractivity contribution in [1.29, 1.82) is 0 Å². The van der Waals surface area contributed by atoms with Crippen molar-refractivity contribution in [2.24, 2.45) is 0 Å². The molecule has 0 spiro atoms. The Hall–Kier alpha value is -2.73. The van der Waals surface area contributed by atoms with Crippen LogP contribution in [0.25, 0.3) is 16.9 Å². The summed E-state index contributed by atoms with van der Waals surface area (Å²) in [5.74, 6) is 1.17. The third-order valence-electron chi connectivity index (χ3n) is 3.91. The molecule has 0 saturated heterocycles. The average molecular weight is 382 g/mol. The number of hydrogen-bond donors (Lipinski definition) is 1. The number of benzene rings is 2. The highest BCUT2D eigenvalue weighted by molar-refractivity contribution is 7.99. The maximum absolute atomic E-state index is 11.9. The Balaban J connectivity index is 1.96. The van der Waals surface area contributed by atoms with Crippen molar-refractivity contribution in [3.8, 4) is 22.7 Å². The fourth-order valence-corrected chi connectivity index (χ4v) is 3.56. The molecule has 1 aromatic heterocycles. The summed E-state index contributed by atoms with van der Waals surface area (Å²) >= 11 is 1.43. The van der Waals surface area contributed by atoms with E-state index in [0.717, 1.165) is 27.9 Å². The summed E-state index contributed by atoms with van der Waals surface area (Å²) in [5.41, 5.74) is 3.04. The SMILES string of the molecule is CCNC(=O)CSc1ncc(-c2ccccc2)n1-c1ccc(OCC)cc1. The van der Waals surface area contributed by atoms with E-state index in [-0.39, 0.29) is 5.91 Å². The van der Waals surface area contributed by atoms with Crippen molar-refractivity contribution in [2.45, 2.75) is 19.0 Å². The first-order chi connectivity index (χ1) is 13.2. The maximum Gasteiger partial charge on any atom is 0.230 e. The molecule has 2 aromatic carbocycles. The number of nitrogens with one attached hydrogen (secondary N) is 1. The quantitative estimate of drug-likeness (QED) is 0.595. The van der Waals surface area contributed by atoms with Gasteiger partial charge in [0, 0.05) is 17.8 Å². The molecule has 0 unspecified atom stereocenters. The highest BCUT2D eigenvalue weighted by Gasteiger charge is 2.15. The molecule has 5 nitrogen and oxygen atoms in total. The zero-order chi connectivity index (χ0) is 19.1. The number of carbonyl (C=O) groups excluding carboxylic acids is 1. The van der Waals surface area contributed by atoms with Crippen LogP contribution in [0.2, 0.25) is 0 Å². The largest absolute Gasteiger partial charge is 0.494 e. The van der Waals surface area contributed by atoms with Crippen LogP contribution in [0.5, 0.6) is 5.75 Å². The minimum absolute atomic E-state index is 0.00463. The van der Waals surface area contributed by atoms with Crippen LogP contribution in [0.1, 0.15) is 13.8 Å². The van der Waals surface area contributed by atoms with Gasteiger partial charge in [0.1, 0.15) is 5.75 Å². The predicted octanol–water partition coefficient (Wildman–Crippen LogP) is 4.17. The monoisotopic (exact) mass is 381 g/mol. The fraction of sp³-hybridized carbons (Fsp3) is 0.238. The Morgan fingerprint density at radius 2 is 1.85 bits per heavy atom. The van der Waals surface area contributed by atoms with Gasteiger partial charge in [-0.15, -0.1) is 0 Å². The molecule has 1 amide bonds. The number of hydrogen-bond acceptors (Lipinski definition) is 4. The molecule has 6 heteroatoms. The Bertz CT molecular complexity index is 876. The van der Waals surface area contributed by atoms with Gasteiger partial charge in [-0.2, -0.15) is 0 Å². The molecule has 140 valence electrons. The van der Waals surface area contributed by atoms with Gasteiger partial charge in [0.25, 0.3) is 0 Å². The van der Waals surface area contributed by atoms with Gasteiger partial charge in [0.2, 0.25) is 5.91 Å². The van der Waals surface area contributed by atoms with Crippen LogP contribution in [0.4, 0.5) is 0 Å². The lowest BCUT2D eigenvalue weighted by molar-refractivity contribution is -0.118. The number of ether oxygens (including phenoxy) is 1. The van der Waals surface area contributed by atoms with E-state index in [4.69, 9.17) is 4.74 Å². The fourth-order valence-electron chi connectivity index (χ4n) is 2.74. The third-order valence-corrected chi connectivity index (χ3v) is 4.86. The van der Waals surface area contributed by atoms with Crippen LogP contribution in [-0.4, -0.2) is 34.4 Å². The number of aromatic nitrogens is 2. The number of nitrogens with zero attached hydrogens (tertiary/aromatic N) is 2. The molecule has 0 saturated carbocycles. The first-order valence-electron chi connectivity index (χ1n) is 8.98. The standard InChI is InChI=1S/C21H23N3O2S/c1-3-22-20(25)15-27-21-23-14-19(16-8-6-5-7-9-16)24(21)17-10-12-18(13-11-17)26-4-2/h5-14H,3-4,15H2,1-2H3,(H,22,25). The molecular weight excluding hydrogens is 358 g/mol. The van der Waals surface area contributed by atoms with Gasteiger partial charge in [-0.05, 0) is 38.1 Å². The van der Waals surface area contributed by atoms with Gasteiger partial charge in [-0.1, -0.05) is 42.1 Å². The van der Waals surface area contributed by atoms with Gasteiger partial charge in [-0.25, -0.2) is 4.98 Å². The first kappa shape index (κ1) is 19.0. The molecule has 27 heavy (non-hydrogen) atoms. The van der Waals surface area contributed by atoms with Crippen molar-refractivity contribution >= 4 is 17.7 Å². The average Bonchev–Trinajstić information content (AvgIpc) is 3.12. The van der Waals surface area contributed by atoms with E-state index in [9.17, 15) is 4.79 Å². The van der Waals surface area contributed by atoms with Crippen molar-refractivity contribution in [2.75, 3.05) is 18.9 Å². The molecule has 1 heterocycles. The molecule has 0 aliphatic heterocycles. The molecule has 0 aliphatic carbocycles. The molecule has 0 radical (unpaired) electrons. The van der Waals surface area contributed by atoms with E-state index in [1.54, 1.807) is 0 Å². The van der Waals surface area contributed by atoms with E-state index >= 15 is 0 Å². The second-order valence-corrected chi connectivity index (χ2v) is 6.74. The van der Waals surface area contributed by atoms with Crippen LogP contribution in [0, 0.1) is 0 Å². The Morgan fingerprint density at radius 3 is 2.52 bits per heavy atom. The van der Waals surface area contributed by atoms with Gasteiger partial charge < -0.3 is 10.1 Å². The van der Waals surface area contributed by atoms with Crippen LogP contribution in [0.3, 0.4) is 0 Å². The number of thioether (sulfide) groups is 1. The van der Waals surface area contributed by atoms with E-state index < -0.39 is 0 Å². The molecule has 0 atom stereocenters. The minimum atomic E-state index is 0.00463. The van der Waals surface area contributed by atoms with Crippen LogP contribution >= 0.6 is 11.8 Å². The zero-order valence-electron chi connectivity index (χ0n) is 15.5. The number of rotatable bonds is 8. The maximum atomic E-state index is 11.9. The summed E-state index contributed by atoms with van der Waals surface area (Å²) in [7, 11) is 0. The molecule has 0 fully saturated rings. The molecule has 3 rings (SSSR count). The van der Waals surface area contributed by atoms with Crippen LogP contribution < -0.4 is 10.1 Å². The minimum Gasteiger partial charge on any atom is -0.494 e. The lowest BCUT2D eigenvalue weighted by Gasteiger charge is -2.13. The van der Waals surface area contributed by atoms with E-state index in [1.165, 1.54) is 11.8 Å². The molecule has 1 N–H and O–H groups in total. The van der Waals surface area contributed by atoms with Gasteiger partial charge in [0.05, 0.1) is 24.3 Å². The van der Waals surface area contributed by atoms with Crippen molar-refractivity contribution in [3.63, 3.8) is 0 Å². The van der Waals surface area contributed by atoms with Crippen LogP contribution in [-0.2, 0) is 4.79 Å². The second kappa shape index (κ2) is 9.28. The Labute approximate surface area is 163 Å². The lowest BCUT2D eigenvalue weighted by atomic mass is 10.1. The zero-order valence-corrected chi connectivity index (χ0v) is 16.3. The van der Waals surface area contributed by atoms with E-state index in [0.29, 0.717) is 18.9 Å². The van der Waals surface area contributed by atoms with Gasteiger partial charge in [-0.3, -0.25) is 9.36 Å².